The number of carbonyl (C=O) groups is 2. The summed E-state index contributed by atoms with van der Waals surface area (Å²) < 4.78 is 5.06. The first-order valence-electron chi connectivity index (χ1n) is 6.50. The SMILES string of the molecule is Cc1cc(C)cc(C(=O)OCC(=O)c2ccc(Cl)cc2)c1. The fourth-order valence-electron chi connectivity index (χ4n) is 2.03. The van der Waals surface area contributed by atoms with Gasteiger partial charge >= 0.3 is 5.97 Å². The minimum atomic E-state index is -0.496. The van der Waals surface area contributed by atoms with Crippen LogP contribution in [-0.4, -0.2) is 18.4 Å². The summed E-state index contributed by atoms with van der Waals surface area (Å²) in [6, 6.07) is 11.9. The largest absolute Gasteiger partial charge is 0.454 e. The van der Waals surface area contributed by atoms with Gasteiger partial charge in [0, 0.05) is 10.6 Å². The topological polar surface area (TPSA) is 43.4 Å². The van der Waals surface area contributed by atoms with Crippen LogP contribution in [0.1, 0.15) is 31.8 Å². The number of carbonyl (C=O) groups excluding carboxylic acids is 2. The van der Waals surface area contributed by atoms with E-state index in [4.69, 9.17) is 16.3 Å². The second kappa shape index (κ2) is 6.55. The molecule has 0 amide bonds. The zero-order valence-corrected chi connectivity index (χ0v) is 12.6. The van der Waals surface area contributed by atoms with Crippen molar-refractivity contribution in [1.82, 2.24) is 0 Å². The third kappa shape index (κ3) is 4.17. The van der Waals surface area contributed by atoms with Crippen molar-refractivity contribution >= 4 is 23.4 Å². The van der Waals surface area contributed by atoms with Crippen LogP contribution in [-0.2, 0) is 4.74 Å². The first-order chi connectivity index (χ1) is 9.95. The van der Waals surface area contributed by atoms with E-state index < -0.39 is 5.97 Å². The monoisotopic (exact) mass is 302 g/mol. The van der Waals surface area contributed by atoms with Gasteiger partial charge in [0.25, 0.3) is 0 Å². The zero-order chi connectivity index (χ0) is 15.4. The Morgan fingerprint density at radius 1 is 0.952 bits per heavy atom. The Morgan fingerprint density at radius 2 is 1.52 bits per heavy atom. The van der Waals surface area contributed by atoms with Crippen LogP contribution in [0.2, 0.25) is 5.02 Å². The predicted octanol–water partition coefficient (Wildman–Crippen LogP) is 4.00. The Labute approximate surface area is 128 Å². The normalized spacial score (nSPS) is 10.2. The van der Waals surface area contributed by atoms with Gasteiger partial charge in [-0.3, -0.25) is 4.79 Å². The molecule has 0 N–H and O–H groups in total. The lowest BCUT2D eigenvalue weighted by molar-refractivity contribution is 0.0474. The Bertz CT molecular complexity index is 655. The van der Waals surface area contributed by atoms with E-state index in [9.17, 15) is 9.59 Å². The fourth-order valence-corrected chi connectivity index (χ4v) is 2.15. The molecule has 0 saturated heterocycles. The van der Waals surface area contributed by atoms with Crippen molar-refractivity contribution in [2.45, 2.75) is 13.8 Å². The van der Waals surface area contributed by atoms with E-state index in [1.165, 1.54) is 0 Å². The number of hydrogen-bond donors (Lipinski definition) is 0. The number of ketones is 1. The molecule has 0 unspecified atom stereocenters. The predicted molar refractivity (Wildman–Crippen MR) is 82.0 cm³/mol. The zero-order valence-electron chi connectivity index (χ0n) is 11.9. The number of ether oxygens (including phenoxy) is 1. The van der Waals surface area contributed by atoms with Crippen molar-refractivity contribution in [3.63, 3.8) is 0 Å². The second-order valence-electron chi connectivity index (χ2n) is 4.88. The number of aryl methyl sites for hydroxylation is 2. The molecule has 0 spiro atoms. The molecular weight excluding hydrogens is 288 g/mol. The summed E-state index contributed by atoms with van der Waals surface area (Å²) >= 11 is 5.76. The molecule has 0 aliphatic heterocycles. The number of hydrogen-bond acceptors (Lipinski definition) is 3. The average molecular weight is 303 g/mol. The van der Waals surface area contributed by atoms with Crippen molar-refractivity contribution in [3.05, 3.63) is 69.7 Å². The van der Waals surface area contributed by atoms with Crippen LogP contribution < -0.4 is 0 Å². The van der Waals surface area contributed by atoms with Gasteiger partial charge < -0.3 is 4.74 Å². The number of rotatable bonds is 4. The first kappa shape index (κ1) is 15.3. The van der Waals surface area contributed by atoms with Gasteiger partial charge in [-0.1, -0.05) is 28.8 Å². The van der Waals surface area contributed by atoms with Crippen LogP contribution >= 0.6 is 11.6 Å². The van der Waals surface area contributed by atoms with Crippen LogP contribution in [0.5, 0.6) is 0 Å². The molecule has 3 nitrogen and oxygen atoms in total. The summed E-state index contributed by atoms with van der Waals surface area (Å²) in [6.07, 6.45) is 0. The van der Waals surface area contributed by atoms with E-state index in [-0.39, 0.29) is 12.4 Å². The number of esters is 1. The number of benzene rings is 2. The van der Waals surface area contributed by atoms with E-state index in [1.54, 1.807) is 36.4 Å². The van der Waals surface area contributed by atoms with Gasteiger partial charge in [0.1, 0.15) is 0 Å². The van der Waals surface area contributed by atoms with E-state index in [2.05, 4.69) is 0 Å². The molecule has 0 aliphatic rings. The molecule has 0 radical (unpaired) electrons. The van der Waals surface area contributed by atoms with Crippen molar-refractivity contribution in [2.24, 2.45) is 0 Å². The smallest absolute Gasteiger partial charge is 0.338 e. The lowest BCUT2D eigenvalue weighted by Crippen LogP contribution is -2.14. The Kier molecular flexibility index (Phi) is 4.76. The standard InChI is InChI=1S/C17H15ClO3/c1-11-7-12(2)9-14(8-11)17(20)21-10-16(19)13-3-5-15(18)6-4-13/h3-9H,10H2,1-2H3. The Hall–Kier alpha value is -2.13. The van der Waals surface area contributed by atoms with Gasteiger partial charge in [-0.2, -0.15) is 0 Å². The molecule has 0 bridgehead atoms. The van der Waals surface area contributed by atoms with E-state index >= 15 is 0 Å². The number of Topliss-reactive ketones (excluding diaryl/α,β-unsaturated/α-hetero) is 1. The molecular formula is C17H15ClO3. The summed E-state index contributed by atoms with van der Waals surface area (Å²) in [4.78, 5) is 23.8. The minimum Gasteiger partial charge on any atom is -0.454 e. The van der Waals surface area contributed by atoms with Gasteiger partial charge in [-0.05, 0) is 50.2 Å². The quantitative estimate of drug-likeness (QED) is 0.633. The minimum absolute atomic E-state index is 0.260. The average Bonchev–Trinajstić information content (AvgIpc) is 2.44. The molecule has 108 valence electrons. The highest BCUT2D eigenvalue weighted by atomic mass is 35.5. The summed E-state index contributed by atoms with van der Waals surface area (Å²) in [6.45, 7) is 3.53. The maximum absolute atomic E-state index is 11.9. The van der Waals surface area contributed by atoms with Crippen molar-refractivity contribution in [2.75, 3.05) is 6.61 Å². The van der Waals surface area contributed by atoms with Gasteiger partial charge in [-0.25, -0.2) is 4.79 Å². The number of halogens is 1. The van der Waals surface area contributed by atoms with E-state index in [1.807, 2.05) is 19.9 Å². The summed E-state index contributed by atoms with van der Waals surface area (Å²) in [5.74, 6) is -0.756. The molecule has 0 fully saturated rings. The summed E-state index contributed by atoms with van der Waals surface area (Å²) in [5, 5.41) is 0.554. The van der Waals surface area contributed by atoms with Crippen molar-refractivity contribution in [3.8, 4) is 0 Å². The van der Waals surface area contributed by atoms with Gasteiger partial charge in [-0.15, -0.1) is 0 Å². The lowest BCUT2D eigenvalue weighted by atomic mass is 10.1. The molecule has 2 aromatic rings. The van der Waals surface area contributed by atoms with Crippen LogP contribution in [0.25, 0.3) is 0 Å². The maximum atomic E-state index is 11.9. The van der Waals surface area contributed by atoms with Crippen molar-refractivity contribution in [1.29, 1.82) is 0 Å². The molecule has 21 heavy (non-hydrogen) atoms. The van der Waals surface area contributed by atoms with E-state index in [0.29, 0.717) is 16.1 Å². The molecule has 0 aliphatic carbocycles. The third-order valence-electron chi connectivity index (χ3n) is 2.96. The van der Waals surface area contributed by atoms with Crippen LogP contribution in [0.4, 0.5) is 0 Å². The molecule has 4 heteroatoms. The summed E-state index contributed by atoms with van der Waals surface area (Å²) in [7, 11) is 0. The Morgan fingerprint density at radius 3 is 2.10 bits per heavy atom. The Balaban J connectivity index is 2.00. The van der Waals surface area contributed by atoms with Crippen LogP contribution in [0.15, 0.2) is 42.5 Å². The highest BCUT2D eigenvalue weighted by Gasteiger charge is 2.12. The lowest BCUT2D eigenvalue weighted by Gasteiger charge is -2.06. The highest BCUT2D eigenvalue weighted by molar-refractivity contribution is 6.30. The van der Waals surface area contributed by atoms with Gasteiger partial charge in [0.15, 0.2) is 12.4 Å². The van der Waals surface area contributed by atoms with Crippen LogP contribution in [0, 0.1) is 13.8 Å². The van der Waals surface area contributed by atoms with Gasteiger partial charge in [0.05, 0.1) is 5.56 Å². The van der Waals surface area contributed by atoms with E-state index in [0.717, 1.165) is 11.1 Å². The fraction of sp³-hybridized carbons (Fsp3) is 0.176. The molecule has 0 heterocycles. The maximum Gasteiger partial charge on any atom is 0.338 e. The first-order valence-corrected chi connectivity index (χ1v) is 6.87. The highest BCUT2D eigenvalue weighted by Crippen LogP contribution is 2.12. The summed E-state index contributed by atoms with van der Waals surface area (Å²) in [5.41, 5.74) is 2.88. The van der Waals surface area contributed by atoms with Crippen molar-refractivity contribution < 1.29 is 14.3 Å². The molecule has 2 rings (SSSR count). The second-order valence-corrected chi connectivity index (χ2v) is 5.32. The molecule has 2 aromatic carbocycles. The van der Waals surface area contributed by atoms with Crippen LogP contribution in [0.3, 0.4) is 0 Å². The molecule has 0 saturated carbocycles. The third-order valence-corrected chi connectivity index (χ3v) is 3.21. The van der Waals surface area contributed by atoms with Gasteiger partial charge in [0.2, 0.25) is 0 Å². The molecule has 0 atom stereocenters. The molecule has 0 aromatic heterocycles.